The minimum Gasteiger partial charge on any atom is -0.325 e. The van der Waals surface area contributed by atoms with Gasteiger partial charge in [0.25, 0.3) is 10.0 Å². The van der Waals surface area contributed by atoms with Gasteiger partial charge < -0.3 is 5.32 Å². The van der Waals surface area contributed by atoms with E-state index in [4.69, 9.17) is 0 Å². The molecule has 0 aliphatic carbocycles. The zero-order valence-corrected chi connectivity index (χ0v) is 20.9. The van der Waals surface area contributed by atoms with Gasteiger partial charge in [0.15, 0.2) is 0 Å². The second-order valence-electron chi connectivity index (χ2n) is 7.82. The summed E-state index contributed by atoms with van der Waals surface area (Å²) in [5.41, 5.74) is 1.78. The number of amides is 1. The van der Waals surface area contributed by atoms with Gasteiger partial charge in [-0.25, -0.2) is 17.1 Å². The molecular formula is C23H25FN4O5S2. The van der Waals surface area contributed by atoms with Gasteiger partial charge in [-0.05, 0) is 67.6 Å². The third-order valence-corrected chi connectivity index (χ3v) is 8.11. The maximum Gasteiger partial charge on any atom is 0.304 e. The molecule has 0 spiro atoms. The highest BCUT2D eigenvalue weighted by molar-refractivity contribution is 7.92. The van der Waals surface area contributed by atoms with Crippen LogP contribution in [-0.4, -0.2) is 47.7 Å². The van der Waals surface area contributed by atoms with Gasteiger partial charge in [-0.15, -0.1) is 0 Å². The van der Waals surface area contributed by atoms with Crippen LogP contribution < -0.4 is 14.3 Å². The molecule has 0 saturated heterocycles. The number of benzene rings is 3. The van der Waals surface area contributed by atoms with Crippen LogP contribution in [0.25, 0.3) is 0 Å². The summed E-state index contributed by atoms with van der Waals surface area (Å²) >= 11 is 0. The Morgan fingerprint density at radius 1 is 0.829 bits per heavy atom. The average molecular weight is 521 g/mol. The van der Waals surface area contributed by atoms with Crippen molar-refractivity contribution >= 4 is 43.2 Å². The molecule has 3 aromatic carbocycles. The molecule has 9 nitrogen and oxygen atoms in total. The maximum atomic E-state index is 13.3. The van der Waals surface area contributed by atoms with Crippen LogP contribution >= 0.6 is 0 Å². The van der Waals surface area contributed by atoms with E-state index in [0.717, 1.165) is 26.3 Å². The van der Waals surface area contributed by atoms with Gasteiger partial charge in [0.05, 0.1) is 10.6 Å². The largest absolute Gasteiger partial charge is 0.325 e. The molecule has 0 aromatic heterocycles. The number of sulfonamides is 1. The van der Waals surface area contributed by atoms with Gasteiger partial charge in [-0.3, -0.25) is 9.52 Å². The first kappa shape index (κ1) is 26.1. The lowest BCUT2D eigenvalue weighted by molar-refractivity contribution is -0.114. The first-order chi connectivity index (χ1) is 16.4. The molecule has 0 unspecified atom stereocenters. The van der Waals surface area contributed by atoms with Gasteiger partial charge >= 0.3 is 10.2 Å². The molecule has 0 saturated carbocycles. The van der Waals surface area contributed by atoms with Crippen molar-refractivity contribution in [2.45, 2.75) is 11.8 Å². The predicted octanol–water partition coefficient (Wildman–Crippen LogP) is 3.19. The van der Waals surface area contributed by atoms with Crippen LogP contribution in [0.4, 0.5) is 21.5 Å². The molecule has 0 bridgehead atoms. The van der Waals surface area contributed by atoms with E-state index in [1.54, 1.807) is 24.3 Å². The number of rotatable bonds is 9. The summed E-state index contributed by atoms with van der Waals surface area (Å²) in [6.45, 7) is 1.31. The van der Waals surface area contributed by atoms with E-state index < -0.39 is 38.5 Å². The Morgan fingerprint density at radius 3 is 1.91 bits per heavy atom. The Labute approximate surface area is 204 Å². The zero-order chi connectivity index (χ0) is 25.8. The molecule has 186 valence electrons. The Hall–Kier alpha value is -3.48. The highest BCUT2D eigenvalue weighted by Crippen LogP contribution is 2.21. The van der Waals surface area contributed by atoms with E-state index in [2.05, 4.69) is 10.0 Å². The number of halogens is 1. The Bertz CT molecular complexity index is 1390. The van der Waals surface area contributed by atoms with Crippen molar-refractivity contribution < 1.29 is 26.0 Å². The third-order valence-electron chi connectivity index (χ3n) is 4.89. The van der Waals surface area contributed by atoms with Crippen LogP contribution in [-0.2, 0) is 25.0 Å². The van der Waals surface area contributed by atoms with E-state index in [-0.39, 0.29) is 16.3 Å². The molecule has 0 aliphatic rings. The fourth-order valence-electron chi connectivity index (χ4n) is 2.99. The fraction of sp³-hybridized carbons (Fsp3) is 0.174. The molecular weight excluding hydrogens is 495 g/mol. The van der Waals surface area contributed by atoms with E-state index in [0.29, 0.717) is 5.69 Å². The van der Waals surface area contributed by atoms with Gasteiger partial charge in [0.1, 0.15) is 12.4 Å². The number of nitrogens with zero attached hydrogens (tertiary/aromatic N) is 2. The minimum absolute atomic E-state index is 0.0146. The van der Waals surface area contributed by atoms with E-state index >= 15 is 0 Å². The number of aryl methyl sites for hydroxylation is 1. The molecule has 1 amide bonds. The molecule has 3 rings (SSSR count). The fourth-order valence-corrected chi connectivity index (χ4v) is 5.12. The van der Waals surface area contributed by atoms with Crippen LogP contribution in [0.15, 0.2) is 77.7 Å². The van der Waals surface area contributed by atoms with Crippen molar-refractivity contribution in [3.63, 3.8) is 0 Å². The van der Waals surface area contributed by atoms with Crippen LogP contribution in [0.1, 0.15) is 5.56 Å². The number of hydrogen-bond donors (Lipinski definition) is 2. The molecule has 0 radical (unpaired) electrons. The molecule has 2 N–H and O–H groups in total. The summed E-state index contributed by atoms with van der Waals surface area (Å²) in [5.74, 6) is -1.22. The second kappa shape index (κ2) is 10.4. The van der Waals surface area contributed by atoms with Gasteiger partial charge in [-0.1, -0.05) is 17.7 Å². The Balaban J connectivity index is 1.74. The molecule has 35 heavy (non-hydrogen) atoms. The molecule has 0 heterocycles. The van der Waals surface area contributed by atoms with Crippen molar-refractivity contribution in [2.75, 3.05) is 35.0 Å². The third kappa shape index (κ3) is 6.56. The lowest BCUT2D eigenvalue weighted by Crippen LogP contribution is -2.44. The number of nitrogens with one attached hydrogen (secondary N) is 2. The smallest absolute Gasteiger partial charge is 0.304 e. The summed E-state index contributed by atoms with van der Waals surface area (Å²) in [4.78, 5) is 12.6. The van der Waals surface area contributed by atoms with Crippen molar-refractivity contribution in [2.24, 2.45) is 0 Å². The summed E-state index contributed by atoms with van der Waals surface area (Å²) in [5, 5.41) is 2.55. The first-order valence-electron chi connectivity index (χ1n) is 10.3. The minimum atomic E-state index is -4.06. The van der Waals surface area contributed by atoms with Crippen LogP contribution in [0.2, 0.25) is 0 Å². The summed E-state index contributed by atoms with van der Waals surface area (Å²) in [7, 11) is -5.27. The Morgan fingerprint density at radius 2 is 1.37 bits per heavy atom. The van der Waals surface area contributed by atoms with Crippen LogP contribution in [0.5, 0.6) is 0 Å². The van der Waals surface area contributed by atoms with Crippen molar-refractivity contribution in [1.29, 1.82) is 0 Å². The SMILES string of the molecule is Cc1ccc(NS(=O)(=O)c2ccc(NC(=O)CN(c3ccc(F)cc3)S(=O)(=O)N(C)C)cc2)cc1. The topological polar surface area (TPSA) is 116 Å². The predicted molar refractivity (Wildman–Crippen MR) is 133 cm³/mol. The average Bonchev–Trinajstić information content (AvgIpc) is 2.80. The lowest BCUT2D eigenvalue weighted by atomic mass is 10.2. The molecule has 0 atom stereocenters. The van der Waals surface area contributed by atoms with Crippen molar-refractivity contribution in [3.05, 3.63) is 84.2 Å². The van der Waals surface area contributed by atoms with E-state index in [1.165, 1.54) is 50.5 Å². The first-order valence-corrected chi connectivity index (χ1v) is 13.2. The Kier molecular flexibility index (Phi) is 7.78. The quantitative estimate of drug-likeness (QED) is 0.450. The summed E-state index contributed by atoms with van der Waals surface area (Å²) < 4.78 is 68.3. The van der Waals surface area contributed by atoms with Gasteiger partial charge in [0, 0.05) is 25.5 Å². The van der Waals surface area contributed by atoms with Crippen molar-refractivity contribution in [1.82, 2.24) is 4.31 Å². The number of carbonyl (C=O) groups excluding carboxylic acids is 1. The lowest BCUT2D eigenvalue weighted by Gasteiger charge is -2.26. The zero-order valence-electron chi connectivity index (χ0n) is 19.3. The number of anilines is 3. The molecule has 12 heteroatoms. The van der Waals surface area contributed by atoms with Gasteiger partial charge in [0.2, 0.25) is 5.91 Å². The standard InChI is InChI=1S/C23H25FN4O5S2/c1-17-4-8-20(9-5-17)26-34(30,31)22-14-10-19(11-15-22)25-23(29)16-28(35(32,33)27(2)3)21-12-6-18(24)7-13-21/h4-15,26H,16H2,1-3H3,(H,25,29). The van der Waals surface area contributed by atoms with Gasteiger partial charge in [-0.2, -0.15) is 12.7 Å². The van der Waals surface area contributed by atoms with E-state index in [1.807, 2.05) is 6.92 Å². The second-order valence-corrected chi connectivity index (χ2v) is 11.6. The number of hydrogen-bond acceptors (Lipinski definition) is 5. The molecule has 3 aromatic rings. The monoisotopic (exact) mass is 520 g/mol. The van der Waals surface area contributed by atoms with Crippen molar-refractivity contribution in [3.8, 4) is 0 Å². The maximum absolute atomic E-state index is 13.3. The van der Waals surface area contributed by atoms with Crippen LogP contribution in [0.3, 0.4) is 0 Å². The highest BCUT2D eigenvalue weighted by atomic mass is 32.2. The molecule has 0 aliphatic heterocycles. The molecule has 0 fully saturated rings. The normalized spacial score (nSPS) is 11.8. The highest BCUT2D eigenvalue weighted by Gasteiger charge is 2.27. The van der Waals surface area contributed by atoms with Crippen LogP contribution in [0, 0.1) is 12.7 Å². The van der Waals surface area contributed by atoms with E-state index in [9.17, 15) is 26.0 Å². The summed E-state index contributed by atoms with van der Waals surface area (Å²) in [6, 6.07) is 17.0. The number of carbonyl (C=O) groups is 1. The summed E-state index contributed by atoms with van der Waals surface area (Å²) in [6.07, 6.45) is 0.